The van der Waals surface area contributed by atoms with Crippen molar-refractivity contribution < 1.29 is 44.1 Å². The first kappa shape index (κ1) is 28.7. The van der Waals surface area contributed by atoms with E-state index in [9.17, 15) is 28.8 Å². The molecule has 200 valence electrons. The van der Waals surface area contributed by atoms with Gasteiger partial charge in [-0.3, -0.25) is 24.0 Å². The van der Waals surface area contributed by atoms with Crippen molar-refractivity contribution >= 4 is 46.5 Å². The summed E-state index contributed by atoms with van der Waals surface area (Å²) in [7, 11) is 0. The fraction of sp³-hybridized carbons (Fsp3) is 0.364. The summed E-state index contributed by atoms with van der Waals surface area (Å²) >= 11 is 0. The number of aliphatic hydroxyl groups excluding tert-OH is 1. The predicted octanol–water partition coefficient (Wildman–Crippen LogP) is -3.08. The normalized spacial score (nSPS) is 14.1. The Kier molecular flexibility index (Phi) is 10.1. The number of H-pyrrole nitrogens is 1. The van der Waals surface area contributed by atoms with Gasteiger partial charge in [0.1, 0.15) is 18.1 Å². The monoisotopic (exact) mass is 520 g/mol. The number of amides is 4. The highest BCUT2D eigenvalue weighted by atomic mass is 16.4. The molecule has 0 saturated carbocycles. The predicted molar refractivity (Wildman–Crippen MR) is 127 cm³/mol. The van der Waals surface area contributed by atoms with Crippen LogP contribution in [0.1, 0.15) is 18.4 Å². The van der Waals surface area contributed by atoms with E-state index in [0.29, 0.717) is 5.56 Å². The topological polar surface area (TPSA) is 267 Å². The largest absolute Gasteiger partial charge is 0.481 e. The molecule has 0 saturated heterocycles. The number of primary amides is 1. The Balaban J connectivity index is 2.31. The standard InChI is InChI=1S/C22H28N6O9/c23-12(6-18(31)32)19(33)26-14(5-10-8-25-13-4-2-1-3-11(10)13)20(34)27-15(7-17(24)30)21(35)28-16(9-29)22(36)37/h1-4,8,12,14-16,25,29H,5-7,9,23H2,(H2,24,30)(H,26,33)(H,27,34)(H,28,35)(H,31,32)(H,36,37). The summed E-state index contributed by atoms with van der Waals surface area (Å²) in [6, 6.07) is 0.848. The van der Waals surface area contributed by atoms with E-state index in [4.69, 9.17) is 26.8 Å². The Morgan fingerprint density at radius 2 is 1.46 bits per heavy atom. The molecule has 4 atom stereocenters. The third-order valence-corrected chi connectivity index (χ3v) is 5.30. The molecule has 2 aromatic rings. The fourth-order valence-corrected chi connectivity index (χ4v) is 3.43. The number of rotatable bonds is 14. The molecule has 1 heterocycles. The third kappa shape index (κ3) is 8.29. The summed E-state index contributed by atoms with van der Waals surface area (Å²) < 4.78 is 0. The van der Waals surface area contributed by atoms with E-state index in [2.05, 4.69) is 15.6 Å². The van der Waals surface area contributed by atoms with Crippen LogP contribution in [-0.2, 0) is 35.2 Å². The number of hydrogen-bond donors (Lipinski definition) is 9. The van der Waals surface area contributed by atoms with Crippen molar-refractivity contribution in [2.45, 2.75) is 43.4 Å². The molecule has 1 aromatic carbocycles. The van der Waals surface area contributed by atoms with E-state index in [1.165, 1.54) is 0 Å². The molecule has 0 spiro atoms. The van der Waals surface area contributed by atoms with Crippen molar-refractivity contribution in [3.8, 4) is 0 Å². The van der Waals surface area contributed by atoms with Gasteiger partial charge in [-0.1, -0.05) is 18.2 Å². The molecular weight excluding hydrogens is 492 g/mol. The number of carbonyl (C=O) groups excluding carboxylic acids is 4. The van der Waals surface area contributed by atoms with E-state index < -0.39 is 79.2 Å². The molecule has 4 unspecified atom stereocenters. The second kappa shape index (κ2) is 13.0. The van der Waals surface area contributed by atoms with E-state index in [1.54, 1.807) is 30.5 Å². The molecule has 0 fully saturated rings. The Morgan fingerprint density at radius 1 is 0.865 bits per heavy atom. The highest BCUT2D eigenvalue weighted by Gasteiger charge is 2.32. The number of aliphatic carboxylic acids is 2. The van der Waals surface area contributed by atoms with Crippen LogP contribution < -0.4 is 27.4 Å². The summed E-state index contributed by atoms with van der Waals surface area (Å²) in [5, 5.41) is 34.4. The lowest BCUT2D eigenvalue weighted by Crippen LogP contribution is -2.58. The first-order valence-corrected chi connectivity index (χ1v) is 11.0. The van der Waals surface area contributed by atoms with Crippen LogP contribution in [0.4, 0.5) is 0 Å². The molecule has 15 heteroatoms. The summed E-state index contributed by atoms with van der Waals surface area (Å²) in [5.74, 6) is -6.93. The Morgan fingerprint density at radius 3 is 2.05 bits per heavy atom. The number of fused-ring (bicyclic) bond motifs is 1. The Bertz CT molecular complexity index is 1180. The van der Waals surface area contributed by atoms with Gasteiger partial charge in [0.2, 0.25) is 23.6 Å². The second-order valence-electron chi connectivity index (χ2n) is 8.14. The number of aromatic nitrogens is 1. The van der Waals surface area contributed by atoms with Gasteiger partial charge in [-0.2, -0.15) is 0 Å². The maximum absolute atomic E-state index is 13.2. The van der Waals surface area contributed by atoms with E-state index >= 15 is 0 Å². The maximum Gasteiger partial charge on any atom is 0.328 e. The molecule has 11 N–H and O–H groups in total. The van der Waals surface area contributed by atoms with Crippen molar-refractivity contribution in [2.24, 2.45) is 11.5 Å². The van der Waals surface area contributed by atoms with E-state index in [0.717, 1.165) is 10.9 Å². The highest BCUT2D eigenvalue weighted by Crippen LogP contribution is 2.19. The zero-order chi connectivity index (χ0) is 27.7. The van der Waals surface area contributed by atoms with Crippen molar-refractivity contribution in [1.82, 2.24) is 20.9 Å². The van der Waals surface area contributed by atoms with Gasteiger partial charge < -0.3 is 47.7 Å². The second-order valence-corrected chi connectivity index (χ2v) is 8.14. The van der Waals surface area contributed by atoms with Crippen LogP contribution in [0.15, 0.2) is 30.5 Å². The van der Waals surface area contributed by atoms with E-state index in [1.807, 2.05) is 5.32 Å². The van der Waals surface area contributed by atoms with Gasteiger partial charge in [0.15, 0.2) is 0 Å². The zero-order valence-electron chi connectivity index (χ0n) is 19.5. The quantitative estimate of drug-likeness (QED) is 0.121. The number of carboxylic acid groups (broad SMARTS) is 2. The smallest absolute Gasteiger partial charge is 0.328 e. The molecule has 1 aromatic heterocycles. The number of aromatic amines is 1. The summed E-state index contributed by atoms with van der Waals surface area (Å²) in [5.41, 5.74) is 12.1. The number of nitrogens with one attached hydrogen (secondary N) is 4. The lowest BCUT2D eigenvalue weighted by atomic mass is 10.0. The molecule has 0 radical (unpaired) electrons. The fourth-order valence-electron chi connectivity index (χ4n) is 3.43. The van der Waals surface area contributed by atoms with Crippen molar-refractivity contribution in [3.05, 3.63) is 36.0 Å². The van der Waals surface area contributed by atoms with Gasteiger partial charge in [-0.25, -0.2) is 4.79 Å². The number of aliphatic hydroxyl groups is 1. The first-order valence-electron chi connectivity index (χ1n) is 11.0. The molecule has 2 rings (SSSR count). The highest BCUT2D eigenvalue weighted by molar-refractivity contribution is 5.97. The first-order chi connectivity index (χ1) is 17.4. The third-order valence-electron chi connectivity index (χ3n) is 5.30. The zero-order valence-corrected chi connectivity index (χ0v) is 19.5. The van der Waals surface area contributed by atoms with Crippen LogP contribution in [0, 0.1) is 0 Å². The van der Waals surface area contributed by atoms with Crippen molar-refractivity contribution in [1.29, 1.82) is 0 Å². The van der Waals surface area contributed by atoms with Crippen LogP contribution in [0.25, 0.3) is 10.9 Å². The minimum absolute atomic E-state index is 0.124. The minimum Gasteiger partial charge on any atom is -0.481 e. The number of hydrogen-bond acceptors (Lipinski definition) is 8. The van der Waals surface area contributed by atoms with Crippen LogP contribution >= 0.6 is 0 Å². The summed E-state index contributed by atoms with van der Waals surface area (Å²) in [4.78, 5) is 74.8. The molecule has 15 nitrogen and oxygen atoms in total. The molecule has 0 bridgehead atoms. The number of nitrogens with two attached hydrogens (primary N) is 2. The summed E-state index contributed by atoms with van der Waals surface area (Å²) in [6.45, 7) is -0.959. The Hall–Kier alpha value is -4.50. The molecule has 0 aliphatic rings. The SMILES string of the molecule is NC(=O)CC(NC(=O)C(Cc1c[nH]c2ccccc12)NC(=O)C(N)CC(=O)O)C(=O)NC(CO)C(=O)O. The number of carboxylic acids is 2. The molecule has 37 heavy (non-hydrogen) atoms. The molecule has 0 aliphatic carbocycles. The van der Waals surface area contributed by atoms with Crippen LogP contribution in [0.5, 0.6) is 0 Å². The lowest BCUT2D eigenvalue weighted by Gasteiger charge is -2.24. The van der Waals surface area contributed by atoms with Gasteiger partial charge in [0.05, 0.1) is 25.5 Å². The van der Waals surface area contributed by atoms with Gasteiger partial charge in [0, 0.05) is 23.5 Å². The minimum atomic E-state index is -1.71. The van der Waals surface area contributed by atoms with Crippen molar-refractivity contribution in [3.63, 3.8) is 0 Å². The summed E-state index contributed by atoms with van der Waals surface area (Å²) in [6.07, 6.45) is 0.0422. The van der Waals surface area contributed by atoms with Gasteiger partial charge in [-0.05, 0) is 11.6 Å². The maximum atomic E-state index is 13.2. The van der Waals surface area contributed by atoms with Crippen LogP contribution in [0.2, 0.25) is 0 Å². The van der Waals surface area contributed by atoms with Crippen LogP contribution in [-0.4, -0.2) is 86.6 Å². The molecule has 0 aliphatic heterocycles. The van der Waals surface area contributed by atoms with Gasteiger partial charge in [-0.15, -0.1) is 0 Å². The number of para-hydroxylation sites is 1. The average Bonchev–Trinajstić information content (AvgIpc) is 3.23. The molecular formula is C22H28N6O9. The Labute approximate surface area is 209 Å². The molecule has 4 amide bonds. The number of carbonyl (C=O) groups is 6. The lowest BCUT2D eigenvalue weighted by molar-refractivity contribution is -0.143. The van der Waals surface area contributed by atoms with E-state index in [-0.39, 0.29) is 6.42 Å². The average molecular weight is 520 g/mol. The van der Waals surface area contributed by atoms with Gasteiger partial charge in [0.25, 0.3) is 0 Å². The van der Waals surface area contributed by atoms with Crippen molar-refractivity contribution in [2.75, 3.05) is 6.61 Å². The van der Waals surface area contributed by atoms with Crippen LogP contribution in [0.3, 0.4) is 0 Å². The van der Waals surface area contributed by atoms with Gasteiger partial charge >= 0.3 is 11.9 Å². The number of benzene rings is 1.